The van der Waals surface area contributed by atoms with Gasteiger partial charge >= 0.3 is 0 Å². The molecule has 0 aromatic heterocycles. The minimum absolute atomic E-state index is 0.993. The van der Waals surface area contributed by atoms with Gasteiger partial charge in [0.1, 0.15) is 0 Å². The van der Waals surface area contributed by atoms with Gasteiger partial charge in [0.05, 0.1) is 5.45 Å². The molecule has 0 saturated carbocycles. The summed E-state index contributed by atoms with van der Waals surface area (Å²) >= 11 is 3.48. The Labute approximate surface area is 71.2 Å². The van der Waals surface area contributed by atoms with Gasteiger partial charge in [0.25, 0.3) is 0 Å². The van der Waals surface area contributed by atoms with Gasteiger partial charge in [-0.15, -0.1) is 0 Å². The van der Waals surface area contributed by atoms with Gasteiger partial charge in [-0.1, -0.05) is 22.0 Å². The van der Waals surface area contributed by atoms with Gasteiger partial charge in [0.2, 0.25) is 0 Å². The van der Waals surface area contributed by atoms with Crippen LogP contribution in [0.2, 0.25) is 0 Å². The predicted octanol–water partition coefficient (Wildman–Crippen LogP) is 2.73. The summed E-state index contributed by atoms with van der Waals surface area (Å²) in [5.41, 5.74) is 2.50. The molecule has 0 radical (unpaired) electrons. The largest absolute Gasteiger partial charge is 0.365 e. The van der Waals surface area contributed by atoms with E-state index in [1.165, 1.54) is 31.5 Å². The summed E-state index contributed by atoms with van der Waals surface area (Å²) in [6.45, 7) is 3.35. The van der Waals surface area contributed by atoms with E-state index in [4.69, 9.17) is 0 Å². The van der Waals surface area contributed by atoms with E-state index in [2.05, 4.69) is 33.8 Å². The van der Waals surface area contributed by atoms with Crippen molar-refractivity contribution in [3.05, 3.63) is 11.8 Å². The van der Waals surface area contributed by atoms with Crippen LogP contribution >= 0.6 is 15.9 Å². The second-order valence-corrected chi connectivity index (χ2v) is 3.12. The molecule has 0 unspecified atom stereocenters. The van der Waals surface area contributed by atoms with Crippen molar-refractivity contribution in [3.63, 3.8) is 0 Å². The quantitative estimate of drug-likeness (QED) is 0.469. The molecule has 58 valence electrons. The molecule has 1 rings (SSSR count). The Kier molecular flexibility index (Phi) is 3.26. The van der Waals surface area contributed by atoms with Crippen molar-refractivity contribution in [1.82, 2.24) is 4.90 Å². The van der Waals surface area contributed by atoms with Gasteiger partial charge in [0.15, 0.2) is 0 Å². The van der Waals surface area contributed by atoms with E-state index in [9.17, 15) is 0 Å². The van der Waals surface area contributed by atoms with Crippen molar-refractivity contribution in [2.45, 2.75) is 26.2 Å². The molecule has 1 aliphatic heterocycles. The van der Waals surface area contributed by atoms with Gasteiger partial charge in [-0.05, 0) is 26.2 Å². The molecular weight excluding hydrogens is 190 g/mol. The van der Waals surface area contributed by atoms with Gasteiger partial charge in [-0.3, -0.25) is 0 Å². The molecule has 10 heavy (non-hydrogen) atoms. The SMILES string of the molecule is C/C=C1/CCCCN1CBr. The monoisotopic (exact) mass is 203 g/mol. The molecular formula is C8H14BrN. The fourth-order valence-corrected chi connectivity index (χ4v) is 1.95. The lowest BCUT2D eigenvalue weighted by Gasteiger charge is -2.29. The molecule has 0 bridgehead atoms. The van der Waals surface area contributed by atoms with Crippen molar-refractivity contribution in [1.29, 1.82) is 0 Å². The first-order valence-corrected chi connectivity index (χ1v) is 4.96. The average molecular weight is 204 g/mol. The summed E-state index contributed by atoms with van der Waals surface area (Å²) in [5, 5.41) is 0. The van der Waals surface area contributed by atoms with E-state index < -0.39 is 0 Å². The van der Waals surface area contributed by atoms with E-state index in [0.717, 1.165) is 5.45 Å². The number of allylic oxidation sites excluding steroid dienone is 2. The fraction of sp³-hybridized carbons (Fsp3) is 0.750. The fourth-order valence-electron chi connectivity index (χ4n) is 1.37. The normalized spacial score (nSPS) is 23.8. The molecule has 1 heterocycles. The Morgan fingerprint density at radius 1 is 1.60 bits per heavy atom. The summed E-state index contributed by atoms with van der Waals surface area (Å²) < 4.78 is 0. The van der Waals surface area contributed by atoms with Crippen molar-refractivity contribution in [2.24, 2.45) is 0 Å². The van der Waals surface area contributed by atoms with Crippen molar-refractivity contribution in [2.75, 3.05) is 12.0 Å². The van der Waals surface area contributed by atoms with Crippen molar-refractivity contribution < 1.29 is 0 Å². The number of nitrogens with zero attached hydrogens (tertiary/aromatic N) is 1. The Balaban J connectivity index is 2.50. The van der Waals surface area contributed by atoms with E-state index in [1.54, 1.807) is 0 Å². The lowest BCUT2D eigenvalue weighted by atomic mass is 10.1. The molecule has 0 N–H and O–H groups in total. The van der Waals surface area contributed by atoms with E-state index in [0.29, 0.717) is 0 Å². The van der Waals surface area contributed by atoms with Crippen molar-refractivity contribution in [3.8, 4) is 0 Å². The summed E-state index contributed by atoms with van der Waals surface area (Å²) in [6, 6.07) is 0. The molecule has 0 spiro atoms. The third-order valence-electron chi connectivity index (χ3n) is 1.99. The summed E-state index contributed by atoms with van der Waals surface area (Å²) in [4.78, 5) is 2.39. The van der Waals surface area contributed by atoms with Crippen molar-refractivity contribution >= 4 is 15.9 Å². The Morgan fingerprint density at radius 2 is 2.40 bits per heavy atom. The highest BCUT2D eigenvalue weighted by atomic mass is 79.9. The maximum Gasteiger partial charge on any atom is 0.0732 e. The second kappa shape index (κ2) is 4.02. The molecule has 1 nitrogen and oxygen atoms in total. The molecule has 0 amide bonds. The highest BCUT2D eigenvalue weighted by Crippen LogP contribution is 2.20. The van der Waals surface area contributed by atoms with Crippen LogP contribution in [0.1, 0.15) is 26.2 Å². The summed E-state index contributed by atoms with van der Waals surface area (Å²) in [7, 11) is 0. The number of rotatable bonds is 1. The Bertz CT molecular complexity index is 131. The smallest absolute Gasteiger partial charge is 0.0732 e. The van der Waals surface area contributed by atoms with Crippen LogP contribution in [-0.2, 0) is 0 Å². The average Bonchev–Trinajstić information content (AvgIpc) is 2.04. The lowest BCUT2D eigenvalue weighted by molar-refractivity contribution is 0.335. The van der Waals surface area contributed by atoms with Crippen LogP contribution in [0.15, 0.2) is 11.8 Å². The van der Waals surface area contributed by atoms with E-state index >= 15 is 0 Å². The Hall–Kier alpha value is 0.0200. The minimum atomic E-state index is 0.993. The number of likely N-dealkylation sites (tertiary alicyclic amines) is 1. The van der Waals surface area contributed by atoms with Gasteiger partial charge in [-0.25, -0.2) is 0 Å². The third-order valence-corrected chi connectivity index (χ3v) is 2.60. The molecule has 1 aliphatic rings. The van der Waals surface area contributed by atoms with Crippen LogP contribution in [0.4, 0.5) is 0 Å². The summed E-state index contributed by atoms with van der Waals surface area (Å²) in [6.07, 6.45) is 6.20. The molecule has 0 aliphatic carbocycles. The van der Waals surface area contributed by atoms with Gasteiger partial charge < -0.3 is 4.90 Å². The first-order valence-electron chi connectivity index (χ1n) is 3.84. The predicted molar refractivity (Wildman–Crippen MR) is 48.1 cm³/mol. The van der Waals surface area contributed by atoms with Crippen LogP contribution in [0, 0.1) is 0 Å². The molecule has 2 heteroatoms. The molecule has 1 saturated heterocycles. The lowest BCUT2D eigenvalue weighted by Crippen LogP contribution is -2.26. The van der Waals surface area contributed by atoms with Crippen LogP contribution in [-0.4, -0.2) is 16.9 Å². The number of piperidine rings is 1. The first-order chi connectivity index (χ1) is 4.88. The number of halogens is 1. The maximum atomic E-state index is 3.48. The third kappa shape index (κ3) is 1.75. The van der Waals surface area contributed by atoms with Gasteiger partial charge in [0, 0.05) is 12.2 Å². The number of hydrogen-bond donors (Lipinski definition) is 0. The van der Waals surface area contributed by atoms with Crippen LogP contribution < -0.4 is 0 Å². The highest BCUT2D eigenvalue weighted by Gasteiger charge is 2.11. The van der Waals surface area contributed by atoms with Crippen LogP contribution in [0.3, 0.4) is 0 Å². The molecule has 0 aromatic rings. The highest BCUT2D eigenvalue weighted by molar-refractivity contribution is 9.09. The Morgan fingerprint density at radius 3 is 2.90 bits per heavy atom. The molecule has 1 fully saturated rings. The first kappa shape index (κ1) is 8.12. The van der Waals surface area contributed by atoms with Crippen LogP contribution in [0.25, 0.3) is 0 Å². The van der Waals surface area contributed by atoms with Gasteiger partial charge in [-0.2, -0.15) is 0 Å². The molecule has 0 atom stereocenters. The molecule has 0 aromatic carbocycles. The minimum Gasteiger partial charge on any atom is -0.365 e. The van der Waals surface area contributed by atoms with E-state index in [1.807, 2.05) is 0 Å². The zero-order chi connectivity index (χ0) is 7.40. The zero-order valence-electron chi connectivity index (χ0n) is 6.44. The van der Waals surface area contributed by atoms with Crippen LogP contribution in [0.5, 0.6) is 0 Å². The maximum absolute atomic E-state index is 3.48. The number of hydrogen-bond acceptors (Lipinski definition) is 1. The standard InChI is InChI=1S/C8H14BrN/c1-2-8-5-3-4-6-10(8)7-9/h2H,3-7H2,1H3/b8-2-. The zero-order valence-corrected chi connectivity index (χ0v) is 8.02. The second-order valence-electron chi connectivity index (χ2n) is 2.62. The topological polar surface area (TPSA) is 3.24 Å². The number of alkyl halides is 1. The van der Waals surface area contributed by atoms with E-state index in [-0.39, 0.29) is 0 Å². The summed E-state index contributed by atoms with van der Waals surface area (Å²) in [5.74, 6) is 0.